The Labute approximate surface area is 125 Å². The van der Waals surface area contributed by atoms with Crippen molar-refractivity contribution < 1.29 is 19.7 Å². The minimum atomic E-state index is -1.21. The summed E-state index contributed by atoms with van der Waals surface area (Å²) >= 11 is 0. The van der Waals surface area contributed by atoms with Crippen LogP contribution >= 0.6 is 0 Å². The van der Waals surface area contributed by atoms with E-state index in [1.165, 1.54) is 6.92 Å². The van der Waals surface area contributed by atoms with E-state index < -0.39 is 24.5 Å². The van der Waals surface area contributed by atoms with Crippen LogP contribution in [-0.2, 0) is 4.79 Å². The van der Waals surface area contributed by atoms with Gasteiger partial charge in [-0.1, -0.05) is 13.3 Å². The van der Waals surface area contributed by atoms with E-state index in [0.717, 1.165) is 18.6 Å². The zero-order chi connectivity index (χ0) is 15.7. The lowest BCUT2D eigenvalue weighted by Gasteiger charge is -2.23. The predicted octanol–water partition coefficient (Wildman–Crippen LogP) is 1.30. The van der Waals surface area contributed by atoms with Crippen LogP contribution in [0.3, 0.4) is 0 Å². The van der Waals surface area contributed by atoms with Gasteiger partial charge in [0, 0.05) is 0 Å². The summed E-state index contributed by atoms with van der Waals surface area (Å²) in [5, 5.41) is 18.3. The molecule has 1 amide bonds. The Hall–Kier alpha value is -1.79. The van der Waals surface area contributed by atoms with Crippen LogP contribution in [0.15, 0.2) is 24.3 Å². The number of ether oxygens (including phenoxy) is 1. The van der Waals surface area contributed by atoms with E-state index in [9.17, 15) is 4.79 Å². The lowest BCUT2D eigenvalue weighted by molar-refractivity contribution is -0.134. The summed E-state index contributed by atoms with van der Waals surface area (Å²) in [5.41, 5.74) is 4.67. The average Bonchev–Trinajstić information content (AvgIpc) is 2.53. The smallest absolute Gasteiger partial charge is 0.248 e. The van der Waals surface area contributed by atoms with E-state index in [-0.39, 0.29) is 0 Å². The Morgan fingerprint density at radius 3 is 2.38 bits per heavy atom. The van der Waals surface area contributed by atoms with Crippen molar-refractivity contribution in [3.8, 4) is 5.75 Å². The number of benzene rings is 1. The lowest BCUT2D eigenvalue weighted by Crippen LogP contribution is -2.46. The van der Waals surface area contributed by atoms with Crippen LogP contribution in [0.1, 0.15) is 26.7 Å². The second-order valence-electron chi connectivity index (χ2n) is 5.18. The standard InChI is InChI=1S/C15H24N2O4/c1-3-4-9-21-13-7-5-12(6-8-13)16-17-14(20)15(2,10-18)11-19/h5-8,16,18-19H,3-4,9-11H2,1-2H3,(H,17,20). The Morgan fingerprint density at radius 2 is 1.86 bits per heavy atom. The molecule has 0 aliphatic heterocycles. The second-order valence-corrected chi connectivity index (χ2v) is 5.18. The molecule has 21 heavy (non-hydrogen) atoms. The number of unbranched alkanes of at least 4 members (excludes halogenated alkanes) is 1. The number of anilines is 1. The van der Waals surface area contributed by atoms with E-state index in [2.05, 4.69) is 17.8 Å². The van der Waals surface area contributed by atoms with Gasteiger partial charge in [0.1, 0.15) is 5.75 Å². The zero-order valence-electron chi connectivity index (χ0n) is 12.6. The maximum absolute atomic E-state index is 11.8. The first-order valence-corrected chi connectivity index (χ1v) is 7.06. The third-order valence-corrected chi connectivity index (χ3v) is 3.19. The number of aliphatic hydroxyl groups is 2. The number of hydrazine groups is 1. The fourth-order valence-electron chi connectivity index (χ4n) is 1.44. The summed E-state index contributed by atoms with van der Waals surface area (Å²) in [5.74, 6) is 0.298. The van der Waals surface area contributed by atoms with Gasteiger partial charge in [-0.3, -0.25) is 15.6 Å². The maximum atomic E-state index is 11.8. The zero-order valence-corrected chi connectivity index (χ0v) is 12.6. The molecule has 1 rings (SSSR count). The summed E-state index contributed by atoms with van der Waals surface area (Å²) in [4.78, 5) is 11.8. The molecule has 0 fully saturated rings. The molecule has 0 spiro atoms. The van der Waals surface area contributed by atoms with Gasteiger partial charge in [0.2, 0.25) is 5.91 Å². The second kappa shape index (κ2) is 8.49. The van der Waals surface area contributed by atoms with Crippen LogP contribution in [0, 0.1) is 5.41 Å². The normalized spacial score (nSPS) is 11.0. The SMILES string of the molecule is CCCCOc1ccc(NNC(=O)C(C)(CO)CO)cc1. The number of rotatable bonds is 9. The van der Waals surface area contributed by atoms with Crippen LogP contribution in [0.4, 0.5) is 5.69 Å². The molecule has 0 aliphatic rings. The van der Waals surface area contributed by atoms with Gasteiger partial charge in [0.05, 0.1) is 30.9 Å². The number of amides is 1. The van der Waals surface area contributed by atoms with Gasteiger partial charge in [-0.15, -0.1) is 0 Å². The molecule has 1 aromatic carbocycles. The maximum Gasteiger partial charge on any atom is 0.248 e. The highest BCUT2D eigenvalue weighted by molar-refractivity contribution is 5.83. The van der Waals surface area contributed by atoms with E-state index in [1.54, 1.807) is 24.3 Å². The topological polar surface area (TPSA) is 90.8 Å². The summed E-state index contributed by atoms with van der Waals surface area (Å²) in [7, 11) is 0. The predicted molar refractivity (Wildman–Crippen MR) is 80.9 cm³/mol. The fourth-order valence-corrected chi connectivity index (χ4v) is 1.44. The molecular weight excluding hydrogens is 272 g/mol. The number of carbonyl (C=O) groups is 1. The van der Waals surface area contributed by atoms with Crippen molar-refractivity contribution in [2.75, 3.05) is 25.2 Å². The van der Waals surface area contributed by atoms with E-state index in [4.69, 9.17) is 14.9 Å². The summed E-state index contributed by atoms with van der Waals surface area (Å²) < 4.78 is 5.53. The van der Waals surface area contributed by atoms with Crippen LogP contribution in [-0.4, -0.2) is 35.9 Å². The Kier molecular flexibility index (Phi) is 6.98. The van der Waals surface area contributed by atoms with Crippen molar-refractivity contribution in [3.63, 3.8) is 0 Å². The van der Waals surface area contributed by atoms with E-state index in [0.29, 0.717) is 12.3 Å². The summed E-state index contributed by atoms with van der Waals surface area (Å²) in [6, 6.07) is 7.16. The summed E-state index contributed by atoms with van der Waals surface area (Å²) in [6.45, 7) is 3.41. The summed E-state index contributed by atoms with van der Waals surface area (Å²) in [6.07, 6.45) is 2.09. The van der Waals surface area contributed by atoms with Gasteiger partial charge in [-0.2, -0.15) is 0 Å². The number of aliphatic hydroxyl groups excluding tert-OH is 2. The van der Waals surface area contributed by atoms with Crippen LogP contribution in [0.2, 0.25) is 0 Å². The Morgan fingerprint density at radius 1 is 1.24 bits per heavy atom. The monoisotopic (exact) mass is 296 g/mol. The van der Waals surface area contributed by atoms with Gasteiger partial charge in [-0.25, -0.2) is 0 Å². The van der Waals surface area contributed by atoms with Gasteiger partial charge in [0.15, 0.2) is 0 Å². The average molecular weight is 296 g/mol. The van der Waals surface area contributed by atoms with Crippen molar-refractivity contribution in [1.29, 1.82) is 0 Å². The molecule has 0 saturated carbocycles. The Bertz CT molecular complexity index is 430. The molecule has 1 aromatic rings. The number of nitrogens with one attached hydrogen (secondary N) is 2. The quantitative estimate of drug-likeness (QED) is 0.407. The molecule has 0 aromatic heterocycles. The molecule has 118 valence electrons. The number of hydrogen-bond donors (Lipinski definition) is 4. The molecule has 4 N–H and O–H groups in total. The Balaban J connectivity index is 2.47. The molecule has 6 nitrogen and oxygen atoms in total. The van der Waals surface area contributed by atoms with Crippen molar-refractivity contribution in [2.24, 2.45) is 5.41 Å². The van der Waals surface area contributed by atoms with Gasteiger partial charge in [0.25, 0.3) is 0 Å². The van der Waals surface area contributed by atoms with E-state index >= 15 is 0 Å². The van der Waals surface area contributed by atoms with Crippen molar-refractivity contribution in [3.05, 3.63) is 24.3 Å². The van der Waals surface area contributed by atoms with Gasteiger partial charge in [-0.05, 0) is 37.6 Å². The third-order valence-electron chi connectivity index (χ3n) is 3.19. The van der Waals surface area contributed by atoms with Crippen LogP contribution in [0.5, 0.6) is 5.75 Å². The first kappa shape index (κ1) is 17.3. The molecule has 0 radical (unpaired) electrons. The highest BCUT2D eigenvalue weighted by atomic mass is 16.5. The third kappa shape index (κ3) is 5.24. The minimum absolute atomic E-state index is 0.429. The molecule has 0 aliphatic carbocycles. The van der Waals surface area contributed by atoms with Crippen molar-refractivity contribution >= 4 is 11.6 Å². The largest absolute Gasteiger partial charge is 0.494 e. The van der Waals surface area contributed by atoms with E-state index in [1.807, 2.05) is 0 Å². The lowest BCUT2D eigenvalue weighted by atomic mass is 9.92. The molecule has 0 saturated heterocycles. The fraction of sp³-hybridized carbons (Fsp3) is 0.533. The first-order chi connectivity index (χ1) is 10.1. The van der Waals surface area contributed by atoms with Crippen molar-refractivity contribution in [1.82, 2.24) is 5.43 Å². The molecule has 6 heteroatoms. The van der Waals surface area contributed by atoms with Gasteiger partial charge < -0.3 is 14.9 Å². The van der Waals surface area contributed by atoms with Crippen molar-refractivity contribution in [2.45, 2.75) is 26.7 Å². The number of hydrogen-bond acceptors (Lipinski definition) is 5. The molecule has 0 atom stereocenters. The number of carbonyl (C=O) groups excluding carboxylic acids is 1. The minimum Gasteiger partial charge on any atom is -0.494 e. The molecule has 0 bridgehead atoms. The molecular formula is C15H24N2O4. The van der Waals surface area contributed by atoms with Gasteiger partial charge >= 0.3 is 0 Å². The van der Waals surface area contributed by atoms with Crippen LogP contribution in [0.25, 0.3) is 0 Å². The highest BCUT2D eigenvalue weighted by Gasteiger charge is 2.31. The molecule has 0 heterocycles. The van der Waals surface area contributed by atoms with Crippen LogP contribution < -0.4 is 15.6 Å². The highest BCUT2D eigenvalue weighted by Crippen LogP contribution is 2.17. The molecule has 0 unspecified atom stereocenters. The first-order valence-electron chi connectivity index (χ1n) is 7.06.